The summed E-state index contributed by atoms with van der Waals surface area (Å²) in [5, 5.41) is 18.3. The predicted molar refractivity (Wildman–Crippen MR) is 81.1 cm³/mol. The molecule has 24 heavy (non-hydrogen) atoms. The maximum Gasteiger partial charge on any atom is 0.335 e. The summed E-state index contributed by atoms with van der Waals surface area (Å²) in [7, 11) is 2.63. The fourth-order valence-electron chi connectivity index (χ4n) is 2.07. The van der Waals surface area contributed by atoms with Crippen LogP contribution in [0.5, 0.6) is 11.5 Å². The Labute approximate surface area is 136 Å². The van der Waals surface area contributed by atoms with Crippen molar-refractivity contribution in [1.82, 2.24) is 0 Å². The Balaban J connectivity index is 2.60. The molecule has 0 unspecified atom stereocenters. The van der Waals surface area contributed by atoms with E-state index in [4.69, 9.17) is 20.0 Å². The highest BCUT2D eigenvalue weighted by molar-refractivity contribution is 5.96. The third-order valence-electron chi connectivity index (χ3n) is 3.00. The zero-order chi connectivity index (χ0) is 17.7. The summed E-state index contributed by atoms with van der Waals surface area (Å²) >= 11 is 0. The molecule has 2 aromatic carbocycles. The molecule has 0 heterocycles. The Morgan fingerprint density at radius 3 is 1.50 bits per heavy atom. The first-order valence-electron chi connectivity index (χ1n) is 6.63. The minimum Gasteiger partial charge on any atom is -0.478 e. The van der Waals surface area contributed by atoms with Gasteiger partial charge in [-0.1, -0.05) is 0 Å². The molecule has 0 atom stereocenters. The monoisotopic (exact) mass is 334 g/mol. The molecule has 0 aliphatic heterocycles. The predicted octanol–water partition coefficient (Wildman–Crippen LogP) is 2.63. The number of hydrogen-bond acceptors (Lipinski definition) is 6. The van der Waals surface area contributed by atoms with Crippen LogP contribution < -0.4 is 9.78 Å². The molecule has 0 saturated carbocycles. The minimum atomic E-state index is -1.24. The molecular weight excluding hydrogens is 320 g/mol. The van der Waals surface area contributed by atoms with E-state index in [1.54, 1.807) is 12.1 Å². The molecular formula is C16H14O8. The van der Waals surface area contributed by atoms with Crippen molar-refractivity contribution >= 4 is 11.9 Å². The second kappa shape index (κ2) is 7.44. The molecule has 2 N–H and O–H groups in total. The van der Waals surface area contributed by atoms with Gasteiger partial charge in [-0.3, -0.25) is 0 Å². The molecule has 8 nitrogen and oxygen atoms in total. The van der Waals surface area contributed by atoms with E-state index in [-0.39, 0.29) is 22.6 Å². The summed E-state index contributed by atoms with van der Waals surface area (Å²) in [6, 6.07) is 8.33. The molecule has 0 aromatic heterocycles. The second-order valence-corrected chi connectivity index (χ2v) is 4.60. The lowest BCUT2D eigenvalue weighted by Crippen LogP contribution is -2.03. The quantitative estimate of drug-likeness (QED) is 0.587. The number of aromatic carboxylic acids is 2. The van der Waals surface area contributed by atoms with Crippen molar-refractivity contribution in [3.05, 3.63) is 47.5 Å². The summed E-state index contributed by atoms with van der Waals surface area (Å²) in [5.74, 6) is -1.95. The van der Waals surface area contributed by atoms with E-state index < -0.39 is 11.9 Å². The van der Waals surface area contributed by atoms with Crippen LogP contribution in [0.2, 0.25) is 0 Å². The number of benzene rings is 2. The summed E-state index contributed by atoms with van der Waals surface area (Å²) in [5.41, 5.74) is 0.506. The van der Waals surface area contributed by atoms with Gasteiger partial charge in [0.15, 0.2) is 11.5 Å². The summed E-state index contributed by atoms with van der Waals surface area (Å²) in [4.78, 5) is 41.5. The van der Waals surface area contributed by atoms with Crippen LogP contribution in [-0.4, -0.2) is 36.4 Å². The molecule has 2 rings (SSSR count). The Morgan fingerprint density at radius 1 is 0.708 bits per heavy atom. The summed E-state index contributed by atoms with van der Waals surface area (Å²) in [6.07, 6.45) is 0. The molecule has 0 spiro atoms. The van der Waals surface area contributed by atoms with E-state index in [0.29, 0.717) is 11.1 Å². The molecule has 0 aliphatic rings. The van der Waals surface area contributed by atoms with Crippen LogP contribution in [0, 0.1) is 0 Å². The van der Waals surface area contributed by atoms with Crippen molar-refractivity contribution in [3.63, 3.8) is 0 Å². The van der Waals surface area contributed by atoms with Crippen molar-refractivity contribution in [2.75, 3.05) is 14.2 Å². The molecule has 0 bridgehead atoms. The zero-order valence-electron chi connectivity index (χ0n) is 12.8. The van der Waals surface area contributed by atoms with Gasteiger partial charge in [-0.2, -0.15) is 9.78 Å². The van der Waals surface area contributed by atoms with E-state index in [0.717, 1.165) is 6.07 Å². The van der Waals surface area contributed by atoms with E-state index >= 15 is 0 Å². The van der Waals surface area contributed by atoms with Gasteiger partial charge in [0.05, 0.1) is 25.3 Å². The van der Waals surface area contributed by atoms with Crippen molar-refractivity contribution in [2.24, 2.45) is 0 Å². The van der Waals surface area contributed by atoms with Gasteiger partial charge in [0.25, 0.3) is 0 Å². The topological polar surface area (TPSA) is 112 Å². The van der Waals surface area contributed by atoms with Gasteiger partial charge in [-0.05, 0) is 41.5 Å². The molecule has 0 saturated heterocycles. The number of carboxylic acid groups (broad SMARTS) is 2. The summed E-state index contributed by atoms with van der Waals surface area (Å²) < 4.78 is 0. The van der Waals surface area contributed by atoms with Crippen LogP contribution in [0.3, 0.4) is 0 Å². The molecule has 2 aromatic rings. The third kappa shape index (κ3) is 4.00. The average molecular weight is 334 g/mol. The smallest absolute Gasteiger partial charge is 0.335 e. The SMILES string of the molecule is COOc1cc(OOC)cc(-c2cc(C(=O)O)cc(C(=O)O)c2)c1. The normalized spacial score (nSPS) is 10.2. The number of rotatable bonds is 7. The third-order valence-corrected chi connectivity index (χ3v) is 3.00. The minimum absolute atomic E-state index is 0.155. The first-order chi connectivity index (χ1) is 11.4. The highest BCUT2D eigenvalue weighted by Crippen LogP contribution is 2.31. The first kappa shape index (κ1) is 17.3. The second-order valence-electron chi connectivity index (χ2n) is 4.60. The first-order valence-corrected chi connectivity index (χ1v) is 6.63. The Morgan fingerprint density at radius 2 is 1.12 bits per heavy atom. The molecule has 0 amide bonds. The lowest BCUT2D eigenvalue weighted by molar-refractivity contribution is -0.184. The van der Waals surface area contributed by atoms with Gasteiger partial charge in [0, 0.05) is 6.07 Å². The van der Waals surface area contributed by atoms with Crippen molar-refractivity contribution in [2.45, 2.75) is 0 Å². The van der Waals surface area contributed by atoms with E-state index in [1.165, 1.54) is 32.4 Å². The van der Waals surface area contributed by atoms with Crippen LogP contribution in [0.1, 0.15) is 20.7 Å². The van der Waals surface area contributed by atoms with Crippen molar-refractivity contribution in [1.29, 1.82) is 0 Å². The number of hydrogen-bond donors (Lipinski definition) is 2. The highest BCUT2D eigenvalue weighted by atomic mass is 17.2. The van der Waals surface area contributed by atoms with Crippen LogP contribution in [0.25, 0.3) is 11.1 Å². The van der Waals surface area contributed by atoms with Crippen LogP contribution >= 0.6 is 0 Å². The van der Waals surface area contributed by atoms with Crippen LogP contribution in [0.15, 0.2) is 36.4 Å². The van der Waals surface area contributed by atoms with Gasteiger partial charge >= 0.3 is 11.9 Å². The maximum atomic E-state index is 11.2. The highest BCUT2D eigenvalue weighted by Gasteiger charge is 2.14. The lowest BCUT2D eigenvalue weighted by atomic mass is 9.99. The van der Waals surface area contributed by atoms with Gasteiger partial charge in [-0.15, -0.1) is 0 Å². The van der Waals surface area contributed by atoms with E-state index in [2.05, 4.69) is 9.78 Å². The molecule has 8 heteroatoms. The molecule has 0 aliphatic carbocycles. The van der Waals surface area contributed by atoms with Gasteiger partial charge in [-0.25, -0.2) is 9.59 Å². The maximum absolute atomic E-state index is 11.2. The van der Waals surface area contributed by atoms with Gasteiger partial charge < -0.3 is 20.0 Å². The van der Waals surface area contributed by atoms with Crippen molar-refractivity contribution < 1.29 is 39.4 Å². The molecule has 0 fully saturated rings. The van der Waals surface area contributed by atoms with Gasteiger partial charge in [0.2, 0.25) is 0 Å². The van der Waals surface area contributed by atoms with Crippen LogP contribution in [0.4, 0.5) is 0 Å². The fourth-order valence-corrected chi connectivity index (χ4v) is 2.07. The van der Waals surface area contributed by atoms with Crippen molar-refractivity contribution in [3.8, 4) is 22.6 Å². The number of carboxylic acids is 2. The lowest BCUT2D eigenvalue weighted by Gasteiger charge is -2.10. The largest absolute Gasteiger partial charge is 0.478 e. The standard InChI is InChI=1S/C16H14O8/c1-21-23-13-6-10(7-14(8-13)24-22-2)9-3-11(15(17)18)5-12(4-9)16(19)20/h3-8H,1-2H3,(H,17,18)(H,19,20). The molecule has 126 valence electrons. The Kier molecular flexibility index (Phi) is 5.35. The Bertz CT molecular complexity index is 712. The van der Waals surface area contributed by atoms with E-state index in [1.807, 2.05) is 0 Å². The fraction of sp³-hybridized carbons (Fsp3) is 0.125. The average Bonchev–Trinajstić information content (AvgIpc) is 2.54. The van der Waals surface area contributed by atoms with Gasteiger partial charge in [0.1, 0.15) is 0 Å². The summed E-state index contributed by atoms with van der Waals surface area (Å²) in [6.45, 7) is 0. The number of carbonyl (C=O) groups is 2. The Hall–Kier alpha value is -3.10. The molecule has 0 radical (unpaired) electrons. The zero-order valence-corrected chi connectivity index (χ0v) is 12.8. The van der Waals surface area contributed by atoms with Crippen LogP contribution in [-0.2, 0) is 9.78 Å². The van der Waals surface area contributed by atoms with E-state index in [9.17, 15) is 9.59 Å².